The molecule has 0 fully saturated rings. The first kappa shape index (κ1) is 27.3. The van der Waals surface area contributed by atoms with Crippen molar-refractivity contribution >= 4 is 11.9 Å². The molecule has 0 bridgehead atoms. The Morgan fingerprint density at radius 3 is 1.09 bits per heavy atom. The fourth-order valence-electron chi connectivity index (χ4n) is 5.29. The molecule has 0 heterocycles. The number of allylic oxidation sites excluding steroid dienone is 8. The van der Waals surface area contributed by atoms with E-state index in [-0.39, 0.29) is 11.1 Å². The molecule has 0 aromatic rings. The third-order valence-corrected chi connectivity index (χ3v) is 14.6. The first-order valence-electron chi connectivity index (χ1n) is 11.4. The zero-order chi connectivity index (χ0) is 25.8. The molecule has 0 aliphatic heterocycles. The second kappa shape index (κ2) is 8.71. The van der Waals surface area contributed by atoms with E-state index in [0.29, 0.717) is 0 Å². The van der Waals surface area contributed by atoms with Crippen LogP contribution in [0.4, 0.5) is 0 Å². The minimum absolute atomic E-state index is 0.280. The second-order valence-electron chi connectivity index (χ2n) is 10.7. The molecule has 0 spiro atoms. The molecule has 5 heteroatoms. The summed E-state index contributed by atoms with van der Waals surface area (Å²) in [5.41, 5.74) is 6.45. The van der Waals surface area contributed by atoms with Gasteiger partial charge in [0.1, 0.15) is 0 Å². The van der Waals surface area contributed by atoms with Crippen LogP contribution >= 0.6 is 0 Å². The van der Waals surface area contributed by atoms with E-state index in [4.69, 9.17) is 6.64 Å². The summed E-state index contributed by atoms with van der Waals surface area (Å²) in [6.45, 7) is 31.9. The van der Waals surface area contributed by atoms with Crippen molar-refractivity contribution in [1.29, 1.82) is 0 Å². The van der Waals surface area contributed by atoms with E-state index in [1.54, 1.807) is 13.8 Å². The molecule has 33 heavy (non-hydrogen) atoms. The summed E-state index contributed by atoms with van der Waals surface area (Å²) in [7, 11) is 0. The van der Waals surface area contributed by atoms with Crippen LogP contribution in [-0.4, -0.2) is 11.9 Å². The quantitative estimate of drug-likeness (QED) is 0.287. The normalized spacial score (nSPS) is 20.0. The van der Waals surface area contributed by atoms with Gasteiger partial charge in [-0.05, 0) is 0 Å². The molecular formula is C28H40O4Ti. The van der Waals surface area contributed by atoms with Crippen LogP contribution in [0.1, 0.15) is 83.1 Å². The Morgan fingerprint density at radius 2 is 0.909 bits per heavy atom. The van der Waals surface area contributed by atoms with Crippen LogP contribution in [0, 0.1) is 10.8 Å². The number of carbonyl (C=O) groups is 2. The Bertz CT molecular complexity index is 1010. The van der Waals surface area contributed by atoms with Gasteiger partial charge in [-0.3, -0.25) is 0 Å². The average molecular weight is 488 g/mol. The Balaban J connectivity index is 3.09. The molecule has 180 valence electrons. The molecule has 0 radical (unpaired) electrons. The summed E-state index contributed by atoms with van der Waals surface area (Å²) in [5.74, 6) is -1.05. The van der Waals surface area contributed by atoms with Gasteiger partial charge in [0.15, 0.2) is 0 Å². The van der Waals surface area contributed by atoms with Crippen molar-refractivity contribution in [2.75, 3.05) is 0 Å². The van der Waals surface area contributed by atoms with E-state index in [1.807, 2.05) is 0 Å². The standard InChI is InChI=1S/2C10H15.2C4H6O2.Ti/c2*1-7-6-10(4,5)9(3)8(7)2;2*1-3(2)4(5)6;/h2*1-5H3;2*1H2,2H3,(H,5,6);/q;;;;+2/p-2. The van der Waals surface area contributed by atoms with Gasteiger partial charge in [0.05, 0.1) is 0 Å². The molecule has 0 aromatic heterocycles. The van der Waals surface area contributed by atoms with Gasteiger partial charge in [-0.2, -0.15) is 0 Å². The molecule has 4 nitrogen and oxygen atoms in total. The van der Waals surface area contributed by atoms with Crippen molar-refractivity contribution in [1.82, 2.24) is 0 Å². The number of carbonyl (C=O) groups excluding carboxylic acids is 2. The Labute approximate surface area is 204 Å². The van der Waals surface area contributed by atoms with Crippen molar-refractivity contribution in [3.05, 3.63) is 65.5 Å². The molecule has 2 rings (SSSR count). The topological polar surface area (TPSA) is 52.6 Å². The maximum atomic E-state index is 13.2. The van der Waals surface area contributed by atoms with Gasteiger partial charge in [-0.15, -0.1) is 0 Å². The van der Waals surface area contributed by atoms with E-state index < -0.39 is 40.1 Å². The van der Waals surface area contributed by atoms with Crippen LogP contribution in [0.2, 0.25) is 0 Å². The minimum atomic E-state index is -4.64. The summed E-state index contributed by atoms with van der Waals surface area (Å²) in [6.07, 6.45) is 0. The Hall–Kier alpha value is -1.91. The molecule has 2 aliphatic carbocycles. The number of hydrogen-bond donors (Lipinski definition) is 0. The van der Waals surface area contributed by atoms with E-state index in [0.717, 1.165) is 30.0 Å². The van der Waals surface area contributed by atoms with Gasteiger partial charge >= 0.3 is 205 Å². The molecule has 0 saturated carbocycles. The van der Waals surface area contributed by atoms with E-state index in [1.165, 1.54) is 11.1 Å². The monoisotopic (exact) mass is 488 g/mol. The maximum absolute atomic E-state index is 13.2. The van der Waals surface area contributed by atoms with Crippen LogP contribution in [0.15, 0.2) is 65.5 Å². The van der Waals surface area contributed by atoms with Crippen molar-refractivity contribution in [2.24, 2.45) is 10.8 Å². The van der Waals surface area contributed by atoms with Gasteiger partial charge < -0.3 is 0 Å². The predicted octanol–water partition coefficient (Wildman–Crippen LogP) is 7.51. The molecule has 0 N–H and O–H groups in total. The first-order valence-corrected chi connectivity index (χ1v) is 14.3. The van der Waals surface area contributed by atoms with Crippen LogP contribution < -0.4 is 0 Å². The Morgan fingerprint density at radius 1 is 0.636 bits per heavy atom. The van der Waals surface area contributed by atoms with E-state index in [9.17, 15) is 9.59 Å². The molecule has 2 aliphatic rings. The summed E-state index contributed by atoms with van der Waals surface area (Å²) in [5, 5.41) is 0. The molecule has 0 atom stereocenters. The third-order valence-electron chi connectivity index (χ3n) is 7.95. The fraction of sp³-hybridized carbons (Fsp3) is 0.500. The van der Waals surface area contributed by atoms with Crippen molar-refractivity contribution in [3.63, 3.8) is 0 Å². The van der Waals surface area contributed by atoms with Crippen LogP contribution in [0.25, 0.3) is 0 Å². The van der Waals surface area contributed by atoms with Crippen LogP contribution in [0.5, 0.6) is 0 Å². The predicted molar refractivity (Wildman–Crippen MR) is 132 cm³/mol. The third kappa shape index (κ3) is 4.10. The number of rotatable bonds is 6. The summed E-state index contributed by atoms with van der Waals surface area (Å²) >= 11 is -4.64. The molecule has 0 saturated heterocycles. The van der Waals surface area contributed by atoms with Gasteiger partial charge in [0, 0.05) is 0 Å². The van der Waals surface area contributed by atoms with Gasteiger partial charge in [0.2, 0.25) is 0 Å². The number of hydrogen-bond acceptors (Lipinski definition) is 4. The average Bonchev–Trinajstić information content (AvgIpc) is 2.94. The zero-order valence-corrected chi connectivity index (χ0v) is 24.1. The summed E-state index contributed by atoms with van der Waals surface area (Å²) in [4.78, 5) is 26.4. The van der Waals surface area contributed by atoms with Gasteiger partial charge in [-0.1, -0.05) is 0 Å². The van der Waals surface area contributed by atoms with Crippen LogP contribution in [-0.2, 0) is 33.6 Å². The molecule has 0 aromatic carbocycles. The van der Waals surface area contributed by atoms with Gasteiger partial charge in [-0.25, -0.2) is 0 Å². The van der Waals surface area contributed by atoms with Crippen molar-refractivity contribution in [2.45, 2.75) is 83.1 Å². The van der Waals surface area contributed by atoms with Gasteiger partial charge in [0.25, 0.3) is 0 Å². The Kier molecular flexibility index (Phi) is 7.21. The first-order chi connectivity index (χ1) is 14.9. The summed E-state index contributed by atoms with van der Waals surface area (Å²) in [6, 6.07) is 0. The molecule has 0 amide bonds. The second-order valence-corrected chi connectivity index (χ2v) is 14.8. The fourth-order valence-corrected chi connectivity index (χ4v) is 13.0. The van der Waals surface area contributed by atoms with Crippen molar-refractivity contribution in [3.8, 4) is 0 Å². The summed E-state index contributed by atoms with van der Waals surface area (Å²) < 4.78 is 14.9. The molecular weight excluding hydrogens is 448 g/mol. The SMILES string of the molecule is C=C(C)C(=O)[O][Ti]([O]C(=O)C(=C)C)([C]1=C(C)C(C)=C(C)C1(C)C)[C]1=C(C)C(C)=C(C)C1(C)C. The van der Waals surface area contributed by atoms with E-state index >= 15 is 0 Å². The zero-order valence-electron chi connectivity index (χ0n) is 22.5. The van der Waals surface area contributed by atoms with E-state index in [2.05, 4.69) is 82.4 Å². The molecule has 0 unspecified atom stereocenters. The van der Waals surface area contributed by atoms with Crippen molar-refractivity contribution < 1.29 is 33.6 Å². The van der Waals surface area contributed by atoms with Crippen LogP contribution in [0.3, 0.4) is 0 Å².